The van der Waals surface area contributed by atoms with Gasteiger partial charge in [0.25, 0.3) is 17.7 Å². The molecule has 3 aromatic carbocycles. The molecule has 1 aromatic heterocycles. The first-order valence-corrected chi connectivity index (χ1v) is 10.2. The number of carbonyl (C=O) groups is 3. The quantitative estimate of drug-likeness (QED) is 0.476. The molecule has 8 heteroatoms. The van der Waals surface area contributed by atoms with Gasteiger partial charge < -0.3 is 5.11 Å². The molecular formula is C24H16ClN3O4. The summed E-state index contributed by atoms with van der Waals surface area (Å²) in [6.07, 6.45) is -0.982. The Morgan fingerprint density at radius 1 is 0.969 bits per heavy atom. The molecule has 5 rings (SSSR count). The Hall–Kier alpha value is -3.81. The highest BCUT2D eigenvalue weighted by atomic mass is 35.5. The molecule has 1 unspecified atom stereocenters. The lowest BCUT2D eigenvalue weighted by atomic mass is 10.1. The smallest absolute Gasteiger partial charge is 0.266 e. The molecule has 4 aromatic rings. The van der Waals surface area contributed by atoms with E-state index in [-0.39, 0.29) is 22.5 Å². The van der Waals surface area contributed by atoms with Gasteiger partial charge in [-0.25, -0.2) is 9.88 Å². The number of amides is 2. The second-order valence-electron chi connectivity index (χ2n) is 7.46. The molecule has 7 nitrogen and oxygen atoms in total. The fourth-order valence-corrected chi connectivity index (χ4v) is 3.99. The third-order valence-electron chi connectivity index (χ3n) is 5.38. The van der Waals surface area contributed by atoms with E-state index in [1.807, 2.05) is 0 Å². The van der Waals surface area contributed by atoms with Crippen molar-refractivity contribution in [3.8, 4) is 0 Å². The molecule has 1 aliphatic rings. The van der Waals surface area contributed by atoms with E-state index >= 15 is 0 Å². The number of aliphatic hydroxyl groups excluding tert-OH is 1. The van der Waals surface area contributed by atoms with Crippen LogP contribution >= 0.6 is 11.6 Å². The van der Waals surface area contributed by atoms with Gasteiger partial charge in [0.05, 0.1) is 27.8 Å². The Morgan fingerprint density at radius 2 is 1.66 bits per heavy atom. The van der Waals surface area contributed by atoms with E-state index in [1.54, 1.807) is 48.5 Å². The highest BCUT2D eigenvalue weighted by Crippen LogP contribution is 2.31. The number of nitrogens with zero attached hydrogens (tertiary/aromatic N) is 3. The van der Waals surface area contributed by atoms with E-state index in [0.29, 0.717) is 21.7 Å². The lowest BCUT2D eigenvalue weighted by Gasteiger charge is -2.13. The zero-order chi connectivity index (χ0) is 22.6. The minimum absolute atomic E-state index is 0.138. The van der Waals surface area contributed by atoms with Crippen LogP contribution in [0.15, 0.2) is 66.7 Å². The summed E-state index contributed by atoms with van der Waals surface area (Å²) in [5.41, 5.74) is 2.06. The van der Waals surface area contributed by atoms with Crippen LogP contribution in [0.2, 0.25) is 5.02 Å². The van der Waals surface area contributed by atoms with Gasteiger partial charge in [0.1, 0.15) is 11.9 Å². The van der Waals surface area contributed by atoms with Gasteiger partial charge in [-0.15, -0.1) is 0 Å². The van der Waals surface area contributed by atoms with Crippen LogP contribution in [0.4, 0.5) is 5.69 Å². The molecule has 0 aliphatic carbocycles. The first kappa shape index (κ1) is 20.1. The summed E-state index contributed by atoms with van der Waals surface area (Å²) in [6.45, 7) is 1.53. The maximum atomic E-state index is 13.4. The Labute approximate surface area is 187 Å². The van der Waals surface area contributed by atoms with Crippen LogP contribution in [0.1, 0.15) is 49.9 Å². The van der Waals surface area contributed by atoms with Gasteiger partial charge in [-0.2, -0.15) is 0 Å². The van der Waals surface area contributed by atoms with Gasteiger partial charge in [0.15, 0.2) is 0 Å². The molecular weight excluding hydrogens is 430 g/mol. The maximum absolute atomic E-state index is 13.4. The van der Waals surface area contributed by atoms with Crippen molar-refractivity contribution >= 4 is 46.0 Å². The Balaban J connectivity index is 1.58. The van der Waals surface area contributed by atoms with Crippen LogP contribution in [0, 0.1) is 0 Å². The third-order valence-corrected chi connectivity index (χ3v) is 5.63. The Bertz CT molecular complexity index is 1420. The predicted octanol–water partition coefficient (Wildman–Crippen LogP) is 4.23. The standard InChI is InChI=1S/C24H16ClN3O4/c1-13(29)21-26-19-4-2-3-5-20(19)28(21)22(30)14-6-11-17-18(12-14)24(32)27(23(17)31)16-9-7-15(25)8-10-16/h2-13,29H,1H3. The predicted molar refractivity (Wildman–Crippen MR) is 119 cm³/mol. The fourth-order valence-electron chi connectivity index (χ4n) is 3.87. The maximum Gasteiger partial charge on any atom is 0.266 e. The zero-order valence-electron chi connectivity index (χ0n) is 16.8. The molecule has 0 saturated heterocycles. The van der Waals surface area contributed by atoms with Crippen molar-refractivity contribution in [2.75, 3.05) is 4.90 Å². The van der Waals surface area contributed by atoms with Gasteiger partial charge in [-0.1, -0.05) is 23.7 Å². The second-order valence-corrected chi connectivity index (χ2v) is 7.89. The SMILES string of the molecule is CC(O)c1nc2ccccc2n1C(=O)c1ccc2c(c1)C(=O)N(c1ccc(Cl)cc1)C2=O. The number of benzene rings is 3. The molecule has 0 bridgehead atoms. The number of aliphatic hydroxyl groups is 1. The number of hydrogen-bond acceptors (Lipinski definition) is 5. The molecule has 2 heterocycles. The van der Waals surface area contributed by atoms with E-state index in [1.165, 1.54) is 29.7 Å². The van der Waals surface area contributed by atoms with Gasteiger partial charge in [-0.05, 0) is 61.5 Å². The molecule has 0 spiro atoms. The Morgan fingerprint density at radius 3 is 2.38 bits per heavy atom. The molecule has 1 aliphatic heterocycles. The van der Waals surface area contributed by atoms with Gasteiger partial charge in [0, 0.05) is 10.6 Å². The monoisotopic (exact) mass is 445 g/mol. The average molecular weight is 446 g/mol. The lowest BCUT2D eigenvalue weighted by Crippen LogP contribution is -2.29. The first-order valence-electron chi connectivity index (χ1n) is 9.85. The van der Waals surface area contributed by atoms with Crippen molar-refractivity contribution in [2.45, 2.75) is 13.0 Å². The number of imidazole rings is 1. The topological polar surface area (TPSA) is 92.5 Å². The number of aromatic nitrogens is 2. The number of fused-ring (bicyclic) bond motifs is 2. The molecule has 158 valence electrons. The van der Waals surface area contributed by atoms with E-state index in [9.17, 15) is 19.5 Å². The van der Waals surface area contributed by atoms with E-state index in [4.69, 9.17) is 11.6 Å². The molecule has 0 radical (unpaired) electrons. The van der Waals surface area contributed by atoms with Crippen molar-refractivity contribution in [3.63, 3.8) is 0 Å². The normalized spacial score (nSPS) is 14.2. The lowest BCUT2D eigenvalue weighted by molar-refractivity contribution is 0.0923. The number of rotatable bonds is 3. The van der Waals surface area contributed by atoms with Crippen molar-refractivity contribution in [2.24, 2.45) is 0 Å². The van der Waals surface area contributed by atoms with Crippen LogP contribution in [-0.2, 0) is 0 Å². The van der Waals surface area contributed by atoms with Crippen LogP contribution in [0.3, 0.4) is 0 Å². The molecule has 2 amide bonds. The van der Waals surface area contributed by atoms with Crippen molar-refractivity contribution in [1.29, 1.82) is 0 Å². The molecule has 32 heavy (non-hydrogen) atoms. The van der Waals surface area contributed by atoms with E-state index < -0.39 is 23.8 Å². The van der Waals surface area contributed by atoms with Crippen molar-refractivity contribution in [1.82, 2.24) is 9.55 Å². The highest BCUT2D eigenvalue weighted by Gasteiger charge is 2.37. The third kappa shape index (κ3) is 3.02. The van der Waals surface area contributed by atoms with Crippen molar-refractivity contribution in [3.05, 3.63) is 94.3 Å². The van der Waals surface area contributed by atoms with E-state index in [0.717, 1.165) is 4.90 Å². The summed E-state index contributed by atoms with van der Waals surface area (Å²) in [6, 6.07) is 17.8. The molecule has 1 N–H and O–H groups in total. The number of halogens is 1. The summed E-state index contributed by atoms with van der Waals surface area (Å²) in [7, 11) is 0. The minimum Gasteiger partial charge on any atom is -0.385 e. The second kappa shape index (κ2) is 7.40. The molecule has 1 atom stereocenters. The first-order chi connectivity index (χ1) is 15.4. The molecule has 0 saturated carbocycles. The summed E-state index contributed by atoms with van der Waals surface area (Å²) in [4.78, 5) is 44.7. The average Bonchev–Trinajstić information content (AvgIpc) is 3.30. The van der Waals surface area contributed by atoms with Crippen LogP contribution in [-0.4, -0.2) is 32.4 Å². The molecule has 0 fully saturated rings. The largest absolute Gasteiger partial charge is 0.385 e. The van der Waals surface area contributed by atoms with Gasteiger partial charge >= 0.3 is 0 Å². The fraction of sp³-hybridized carbons (Fsp3) is 0.0833. The van der Waals surface area contributed by atoms with Crippen LogP contribution in [0.5, 0.6) is 0 Å². The van der Waals surface area contributed by atoms with Gasteiger partial charge in [0.2, 0.25) is 0 Å². The number of carbonyl (C=O) groups excluding carboxylic acids is 3. The number of para-hydroxylation sites is 2. The number of imide groups is 1. The van der Waals surface area contributed by atoms with E-state index in [2.05, 4.69) is 4.98 Å². The summed E-state index contributed by atoms with van der Waals surface area (Å²) in [5, 5.41) is 10.6. The minimum atomic E-state index is -0.982. The number of anilines is 1. The van der Waals surface area contributed by atoms with Crippen molar-refractivity contribution < 1.29 is 19.5 Å². The van der Waals surface area contributed by atoms with Gasteiger partial charge in [-0.3, -0.25) is 19.0 Å². The summed E-state index contributed by atoms with van der Waals surface area (Å²) in [5.74, 6) is -1.25. The summed E-state index contributed by atoms with van der Waals surface area (Å²) >= 11 is 5.91. The highest BCUT2D eigenvalue weighted by molar-refractivity contribution is 6.35. The zero-order valence-corrected chi connectivity index (χ0v) is 17.6. The number of hydrogen-bond donors (Lipinski definition) is 1. The summed E-state index contributed by atoms with van der Waals surface area (Å²) < 4.78 is 1.33. The Kier molecular flexibility index (Phi) is 4.65. The van der Waals surface area contributed by atoms with Crippen LogP contribution < -0.4 is 4.90 Å². The van der Waals surface area contributed by atoms with Crippen LogP contribution in [0.25, 0.3) is 11.0 Å².